The van der Waals surface area contributed by atoms with Gasteiger partial charge in [0, 0.05) is 29.4 Å². The zero-order valence-corrected chi connectivity index (χ0v) is 13.0. The van der Waals surface area contributed by atoms with E-state index < -0.39 is 0 Å². The van der Waals surface area contributed by atoms with Crippen LogP contribution in [0.4, 0.5) is 0 Å². The summed E-state index contributed by atoms with van der Waals surface area (Å²) in [4.78, 5) is 17.0. The molecule has 8 nitrogen and oxygen atoms in total. The van der Waals surface area contributed by atoms with E-state index in [0.717, 1.165) is 24.0 Å². The molecular weight excluding hydrogens is 320 g/mol. The minimum absolute atomic E-state index is 0.393. The van der Waals surface area contributed by atoms with Crippen LogP contribution in [0.1, 0.15) is 24.7 Å². The van der Waals surface area contributed by atoms with Crippen LogP contribution in [-0.4, -0.2) is 30.2 Å². The van der Waals surface area contributed by atoms with Crippen LogP contribution in [-0.2, 0) is 0 Å². The van der Waals surface area contributed by atoms with E-state index in [1.54, 1.807) is 18.6 Å². The summed E-state index contributed by atoms with van der Waals surface area (Å²) in [7, 11) is 0. The van der Waals surface area contributed by atoms with Gasteiger partial charge in [0.15, 0.2) is 0 Å². The summed E-state index contributed by atoms with van der Waals surface area (Å²) in [6, 6.07) is 7.60. The molecular formula is C17H12N6O2. The van der Waals surface area contributed by atoms with Gasteiger partial charge in [0.1, 0.15) is 5.69 Å². The second-order valence-electron chi connectivity index (χ2n) is 5.83. The van der Waals surface area contributed by atoms with Crippen LogP contribution >= 0.6 is 0 Å². The van der Waals surface area contributed by atoms with E-state index in [4.69, 9.17) is 9.05 Å². The van der Waals surface area contributed by atoms with E-state index in [1.807, 2.05) is 24.3 Å². The number of rotatable bonds is 4. The number of benzene rings is 1. The maximum absolute atomic E-state index is 5.36. The Bertz CT molecular complexity index is 1020. The number of hydrogen-bond donors (Lipinski definition) is 0. The third-order valence-corrected chi connectivity index (χ3v) is 3.95. The van der Waals surface area contributed by atoms with Crippen molar-refractivity contribution < 1.29 is 9.05 Å². The lowest BCUT2D eigenvalue weighted by atomic mass is 10.1. The Kier molecular flexibility index (Phi) is 3.12. The first-order valence-corrected chi connectivity index (χ1v) is 7.91. The van der Waals surface area contributed by atoms with Gasteiger partial charge in [-0.1, -0.05) is 22.4 Å². The summed E-state index contributed by atoms with van der Waals surface area (Å²) in [5, 5.41) is 8.03. The minimum Gasteiger partial charge on any atom is -0.339 e. The fourth-order valence-corrected chi connectivity index (χ4v) is 2.50. The van der Waals surface area contributed by atoms with E-state index in [-0.39, 0.29) is 0 Å². The van der Waals surface area contributed by atoms with Gasteiger partial charge in [-0.2, -0.15) is 9.97 Å². The van der Waals surface area contributed by atoms with Crippen LogP contribution in [0.15, 0.2) is 51.9 Å². The average molecular weight is 332 g/mol. The standard InChI is InChI=1S/C17H12N6O2/c1-2-11(14-20-16(24-22-14)10-4-5-10)8-12(3-1)17-21-15(23-25-17)13-9-18-6-7-19-13/h1-3,6-10H,4-5H2. The normalized spacial score (nSPS) is 13.9. The quantitative estimate of drug-likeness (QED) is 0.561. The largest absolute Gasteiger partial charge is 0.339 e. The third-order valence-electron chi connectivity index (χ3n) is 3.95. The Labute approximate surface area is 142 Å². The molecule has 25 heavy (non-hydrogen) atoms. The molecule has 3 heterocycles. The van der Waals surface area contributed by atoms with Gasteiger partial charge in [0.2, 0.25) is 17.5 Å². The molecule has 1 aromatic carbocycles. The molecule has 4 aromatic rings. The molecule has 0 amide bonds. The van der Waals surface area contributed by atoms with Gasteiger partial charge in [0.25, 0.3) is 5.89 Å². The van der Waals surface area contributed by atoms with Gasteiger partial charge in [-0.05, 0) is 25.0 Å². The molecule has 0 spiro atoms. The molecule has 0 atom stereocenters. The highest BCUT2D eigenvalue weighted by Crippen LogP contribution is 2.39. The molecule has 0 aliphatic heterocycles. The van der Waals surface area contributed by atoms with E-state index in [1.165, 1.54) is 0 Å². The third kappa shape index (κ3) is 2.67. The molecule has 1 saturated carbocycles. The summed E-state index contributed by atoms with van der Waals surface area (Å²) in [5.41, 5.74) is 2.17. The minimum atomic E-state index is 0.393. The zero-order valence-electron chi connectivity index (χ0n) is 13.0. The van der Waals surface area contributed by atoms with Crippen LogP contribution in [0.3, 0.4) is 0 Å². The Hall–Kier alpha value is -3.42. The predicted molar refractivity (Wildman–Crippen MR) is 86.0 cm³/mol. The fourth-order valence-electron chi connectivity index (χ4n) is 2.50. The van der Waals surface area contributed by atoms with Gasteiger partial charge in [-0.15, -0.1) is 0 Å². The lowest BCUT2D eigenvalue weighted by Crippen LogP contribution is -1.87. The molecule has 5 rings (SSSR count). The summed E-state index contributed by atoms with van der Waals surface area (Å²) >= 11 is 0. The maximum Gasteiger partial charge on any atom is 0.258 e. The van der Waals surface area contributed by atoms with Crippen LogP contribution in [0.25, 0.3) is 34.4 Å². The first-order chi connectivity index (χ1) is 12.4. The average Bonchev–Trinajstić information content (AvgIpc) is 3.21. The lowest BCUT2D eigenvalue weighted by molar-refractivity contribution is 0.380. The molecule has 0 saturated heterocycles. The fraction of sp³-hybridized carbons (Fsp3) is 0.176. The zero-order chi connectivity index (χ0) is 16.6. The van der Waals surface area contributed by atoms with Crippen molar-refractivity contribution >= 4 is 0 Å². The first kappa shape index (κ1) is 14.0. The van der Waals surface area contributed by atoms with Crippen LogP contribution < -0.4 is 0 Å². The topological polar surface area (TPSA) is 104 Å². The lowest BCUT2D eigenvalue weighted by Gasteiger charge is -1.97. The summed E-state index contributed by atoms with van der Waals surface area (Å²) < 4.78 is 10.7. The molecule has 0 N–H and O–H groups in total. The molecule has 3 aromatic heterocycles. The van der Waals surface area contributed by atoms with Crippen molar-refractivity contribution in [1.29, 1.82) is 0 Å². The molecule has 0 radical (unpaired) electrons. The van der Waals surface area contributed by atoms with Gasteiger partial charge in [-0.25, -0.2) is 4.98 Å². The number of nitrogens with zero attached hydrogens (tertiary/aromatic N) is 6. The molecule has 1 aliphatic carbocycles. The van der Waals surface area contributed by atoms with E-state index in [2.05, 4.69) is 30.2 Å². The number of hydrogen-bond acceptors (Lipinski definition) is 8. The Morgan fingerprint density at radius 3 is 2.64 bits per heavy atom. The SMILES string of the molecule is c1cc(-c2noc(C3CC3)n2)cc(-c2nc(-c3cnccn3)no2)c1. The van der Waals surface area contributed by atoms with Crippen molar-refractivity contribution in [1.82, 2.24) is 30.2 Å². The van der Waals surface area contributed by atoms with Crippen molar-refractivity contribution in [2.75, 3.05) is 0 Å². The highest BCUT2D eigenvalue weighted by atomic mass is 16.5. The van der Waals surface area contributed by atoms with E-state index in [0.29, 0.717) is 35.0 Å². The molecule has 122 valence electrons. The van der Waals surface area contributed by atoms with Gasteiger partial charge in [0.05, 0.1) is 6.20 Å². The highest BCUT2D eigenvalue weighted by molar-refractivity contribution is 5.65. The second kappa shape index (κ2) is 5.59. The van der Waals surface area contributed by atoms with Crippen LogP contribution in [0.2, 0.25) is 0 Å². The molecule has 0 bridgehead atoms. The van der Waals surface area contributed by atoms with Crippen LogP contribution in [0.5, 0.6) is 0 Å². The first-order valence-electron chi connectivity index (χ1n) is 7.91. The summed E-state index contributed by atoms with van der Waals surface area (Å²) in [6.45, 7) is 0. The van der Waals surface area contributed by atoms with Gasteiger partial charge in [-0.3, -0.25) is 4.98 Å². The summed E-state index contributed by atoms with van der Waals surface area (Å²) in [5.74, 6) is 2.49. The van der Waals surface area contributed by atoms with Crippen molar-refractivity contribution in [2.24, 2.45) is 0 Å². The van der Waals surface area contributed by atoms with E-state index >= 15 is 0 Å². The molecule has 1 fully saturated rings. The van der Waals surface area contributed by atoms with Gasteiger partial charge < -0.3 is 9.05 Å². The van der Waals surface area contributed by atoms with Crippen molar-refractivity contribution in [3.63, 3.8) is 0 Å². The van der Waals surface area contributed by atoms with Gasteiger partial charge >= 0.3 is 0 Å². The van der Waals surface area contributed by atoms with E-state index in [9.17, 15) is 0 Å². The summed E-state index contributed by atoms with van der Waals surface area (Å²) in [6.07, 6.45) is 7.00. The monoisotopic (exact) mass is 332 g/mol. The second-order valence-corrected chi connectivity index (χ2v) is 5.83. The smallest absolute Gasteiger partial charge is 0.258 e. The predicted octanol–water partition coefficient (Wildman–Crippen LogP) is 3.12. The van der Waals surface area contributed by atoms with Crippen LogP contribution in [0, 0.1) is 0 Å². The molecule has 1 aliphatic rings. The number of aromatic nitrogens is 6. The Morgan fingerprint density at radius 2 is 1.80 bits per heavy atom. The molecule has 8 heteroatoms. The Balaban J connectivity index is 1.47. The van der Waals surface area contributed by atoms with Crippen molar-refractivity contribution in [3.8, 4) is 34.4 Å². The molecule has 0 unspecified atom stereocenters. The van der Waals surface area contributed by atoms with Crippen molar-refractivity contribution in [3.05, 3.63) is 48.7 Å². The highest BCUT2D eigenvalue weighted by Gasteiger charge is 2.29. The van der Waals surface area contributed by atoms with Crippen molar-refractivity contribution in [2.45, 2.75) is 18.8 Å². The maximum atomic E-state index is 5.36. The Morgan fingerprint density at radius 1 is 0.920 bits per heavy atom.